The SMILES string of the molecule is Cc1cncc(F)c1NS(=O)(=O)c1cc(-c2sc(NC(C)C3CCOCC3)nc2C)cnc1C. The summed E-state index contributed by atoms with van der Waals surface area (Å²) in [5.74, 6) is -0.222. The second-order valence-electron chi connectivity index (χ2n) is 8.54. The van der Waals surface area contributed by atoms with Crippen LogP contribution >= 0.6 is 11.3 Å². The summed E-state index contributed by atoms with van der Waals surface area (Å²) in [7, 11) is -4.08. The molecule has 1 atom stereocenters. The quantitative estimate of drug-likeness (QED) is 0.480. The van der Waals surface area contributed by atoms with Crippen LogP contribution in [0.25, 0.3) is 10.4 Å². The third kappa shape index (κ3) is 5.21. The molecule has 1 saturated heterocycles. The molecule has 1 unspecified atom stereocenters. The molecule has 182 valence electrons. The fraction of sp³-hybridized carbons (Fsp3) is 0.435. The molecule has 11 heteroatoms. The smallest absolute Gasteiger partial charge is 0.263 e. The average Bonchev–Trinajstić information content (AvgIpc) is 3.17. The highest BCUT2D eigenvalue weighted by atomic mass is 32.2. The van der Waals surface area contributed by atoms with Crippen molar-refractivity contribution in [1.29, 1.82) is 0 Å². The lowest BCUT2D eigenvalue weighted by molar-refractivity contribution is 0.0622. The number of nitrogens with zero attached hydrogens (tertiary/aromatic N) is 3. The van der Waals surface area contributed by atoms with E-state index < -0.39 is 15.8 Å². The van der Waals surface area contributed by atoms with Crippen molar-refractivity contribution in [2.45, 2.75) is 51.5 Å². The van der Waals surface area contributed by atoms with Gasteiger partial charge < -0.3 is 10.1 Å². The second-order valence-corrected chi connectivity index (χ2v) is 11.2. The molecule has 0 aromatic carbocycles. The van der Waals surface area contributed by atoms with Gasteiger partial charge in [-0.1, -0.05) is 11.3 Å². The first kappa shape index (κ1) is 24.5. The molecule has 0 amide bonds. The Labute approximate surface area is 203 Å². The first-order valence-corrected chi connectivity index (χ1v) is 13.4. The number of sulfonamides is 1. The van der Waals surface area contributed by atoms with Crippen LogP contribution in [0.1, 0.15) is 36.7 Å². The van der Waals surface area contributed by atoms with Crippen LogP contribution in [0.5, 0.6) is 0 Å². The van der Waals surface area contributed by atoms with Gasteiger partial charge in [0.25, 0.3) is 10.0 Å². The molecule has 0 aliphatic carbocycles. The van der Waals surface area contributed by atoms with E-state index in [1.807, 2.05) is 6.92 Å². The van der Waals surface area contributed by atoms with Gasteiger partial charge in [-0.15, -0.1) is 0 Å². The Kier molecular flexibility index (Phi) is 7.15. The summed E-state index contributed by atoms with van der Waals surface area (Å²) >= 11 is 1.46. The van der Waals surface area contributed by atoms with E-state index in [1.165, 1.54) is 17.5 Å². The largest absolute Gasteiger partial charge is 0.381 e. The summed E-state index contributed by atoms with van der Waals surface area (Å²) in [6, 6.07) is 1.81. The van der Waals surface area contributed by atoms with Gasteiger partial charge in [-0.2, -0.15) is 0 Å². The van der Waals surface area contributed by atoms with Crippen molar-refractivity contribution in [3.05, 3.63) is 47.4 Å². The normalized spacial score (nSPS) is 15.8. The Morgan fingerprint density at radius 2 is 1.88 bits per heavy atom. The number of ether oxygens (including phenoxy) is 1. The molecule has 4 heterocycles. The first-order valence-electron chi connectivity index (χ1n) is 11.1. The van der Waals surface area contributed by atoms with E-state index in [0.717, 1.165) is 48.0 Å². The van der Waals surface area contributed by atoms with Crippen LogP contribution < -0.4 is 10.0 Å². The number of aromatic nitrogens is 3. The van der Waals surface area contributed by atoms with Crippen molar-refractivity contribution in [1.82, 2.24) is 15.0 Å². The molecule has 3 aromatic heterocycles. The van der Waals surface area contributed by atoms with Gasteiger partial charge in [0.2, 0.25) is 0 Å². The third-order valence-corrected chi connectivity index (χ3v) is 8.64. The summed E-state index contributed by atoms with van der Waals surface area (Å²) in [6.07, 6.45) is 6.04. The Morgan fingerprint density at radius 3 is 2.59 bits per heavy atom. The van der Waals surface area contributed by atoms with E-state index in [0.29, 0.717) is 22.7 Å². The maximum atomic E-state index is 14.2. The lowest BCUT2D eigenvalue weighted by Gasteiger charge is -2.28. The van der Waals surface area contributed by atoms with Crippen LogP contribution in [0.4, 0.5) is 15.2 Å². The number of hydrogen-bond donors (Lipinski definition) is 2. The Balaban J connectivity index is 1.61. The zero-order valence-corrected chi connectivity index (χ0v) is 21.2. The second kappa shape index (κ2) is 9.93. The zero-order valence-electron chi connectivity index (χ0n) is 19.6. The van der Waals surface area contributed by atoms with E-state index in [1.54, 1.807) is 26.1 Å². The van der Waals surface area contributed by atoms with Gasteiger partial charge in [-0.05, 0) is 58.1 Å². The number of halogens is 1. The topological polar surface area (TPSA) is 106 Å². The molecule has 3 aromatic rings. The summed E-state index contributed by atoms with van der Waals surface area (Å²) in [5, 5.41) is 4.28. The van der Waals surface area contributed by atoms with E-state index in [-0.39, 0.29) is 16.6 Å². The minimum absolute atomic E-state index is 0.0153. The van der Waals surface area contributed by atoms with E-state index >= 15 is 0 Å². The summed E-state index contributed by atoms with van der Waals surface area (Å²) < 4.78 is 48.3. The summed E-state index contributed by atoms with van der Waals surface area (Å²) in [4.78, 5) is 13.5. The van der Waals surface area contributed by atoms with Crippen LogP contribution in [0, 0.1) is 32.5 Å². The third-order valence-electron chi connectivity index (χ3n) is 6.04. The van der Waals surface area contributed by atoms with Gasteiger partial charge in [-0.3, -0.25) is 14.7 Å². The van der Waals surface area contributed by atoms with Crippen molar-refractivity contribution in [3.8, 4) is 10.4 Å². The number of aryl methyl sites for hydroxylation is 3. The van der Waals surface area contributed by atoms with E-state index in [4.69, 9.17) is 4.74 Å². The van der Waals surface area contributed by atoms with Crippen LogP contribution in [0.3, 0.4) is 0 Å². The molecule has 0 bridgehead atoms. The van der Waals surface area contributed by atoms with Crippen LogP contribution in [-0.4, -0.2) is 42.6 Å². The van der Waals surface area contributed by atoms with Crippen LogP contribution in [0.2, 0.25) is 0 Å². The van der Waals surface area contributed by atoms with Crippen LogP contribution in [-0.2, 0) is 14.8 Å². The standard InChI is InChI=1S/C23H28FN5O3S2/c1-13-10-25-12-19(24)21(13)29-34(30,31)20-9-18(11-26-15(20)3)22-16(4)28-23(33-22)27-14(2)17-5-7-32-8-6-17/h9-12,14,17H,5-8H2,1-4H3,(H,25,29)(H,27,28). The number of rotatable bonds is 7. The molecule has 0 radical (unpaired) electrons. The molecule has 0 spiro atoms. The molecular formula is C23H28FN5O3S2. The number of anilines is 2. The number of hydrogen-bond acceptors (Lipinski definition) is 8. The average molecular weight is 506 g/mol. The Hall–Kier alpha value is -2.63. The fourth-order valence-corrected chi connectivity index (χ4v) is 6.42. The molecule has 1 fully saturated rings. The van der Waals surface area contributed by atoms with Crippen molar-refractivity contribution >= 4 is 32.2 Å². The minimum atomic E-state index is -4.08. The van der Waals surface area contributed by atoms with Crippen molar-refractivity contribution in [3.63, 3.8) is 0 Å². The lowest BCUT2D eigenvalue weighted by atomic mass is 9.93. The summed E-state index contributed by atoms with van der Waals surface area (Å²) in [6.45, 7) is 8.79. The summed E-state index contributed by atoms with van der Waals surface area (Å²) in [5.41, 5.74) is 2.00. The van der Waals surface area contributed by atoms with Gasteiger partial charge >= 0.3 is 0 Å². The minimum Gasteiger partial charge on any atom is -0.381 e. The maximum Gasteiger partial charge on any atom is 0.263 e. The van der Waals surface area contributed by atoms with Crippen molar-refractivity contribution in [2.24, 2.45) is 5.92 Å². The molecule has 2 N–H and O–H groups in total. The van der Waals surface area contributed by atoms with E-state index in [2.05, 4.69) is 31.9 Å². The van der Waals surface area contributed by atoms with Gasteiger partial charge in [0, 0.05) is 37.2 Å². The highest BCUT2D eigenvalue weighted by Gasteiger charge is 2.24. The highest BCUT2D eigenvalue weighted by molar-refractivity contribution is 7.92. The van der Waals surface area contributed by atoms with E-state index in [9.17, 15) is 12.8 Å². The highest BCUT2D eigenvalue weighted by Crippen LogP contribution is 2.35. The maximum absolute atomic E-state index is 14.2. The predicted molar refractivity (Wildman–Crippen MR) is 131 cm³/mol. The number of pyridine rings is 2. The molecule has 0 saturated carbocycles. The first-order chi connectivity index (χ1) is 16.2. The zero-order chi connectivity index (χ0) is 24.5. The Morgan fingerprint density at radius 1 is 1.15 bits per heavy atom. The van der Waals surface area contributed by atoms with Gasteiger partial charge in [0.05, 0.1) is 28.1 Å². The van der Waals surface area contributed by atoms with Crippen LogP contribution in [0.15, 0.2) is 29.6 Å². The molecule has 1 aliphatic rings. The van der Waals surface area contributed by atoms with Gasteiger partial charge in [-0.25, -0.2) is 17.8 Å². The lowest BCUT2D eigenvalue weighted by Crippen LogP contribution is -2.30. The predicted octanol–water partition coefficient (Wildman–Crippen LogP) is 4.69. The fourth-order valence-electron chi connectivity index (χ4n) is 4.01. The van der Waals surface area contributed by atoms with Gasteiger partial charge in [0.1, 0.15) is 4.90 Å². The molecule has 8 nitrogen and oxygen atoms in total. The van der Waals surface area contributed by atoms with Gasteiger partial charge in [0.15, 0.2) is 10.9 Å². The molecule has 1 aliphatic heterocycles. The number of thiazole rings is 1. The Bertz CT molecular complexity index is 1270. The van der Waals surface area contributed by atoms with Crippen molar-refractivity contribution in [2.75, 3.05) is 23.3 Å². The molecule has 4 rings (SSSR count). The van der Waals surface area contributed by atoms with Crippen molar-refractivity contribution < 1.29 is 17.5 Å². The monoisotopic (exact) mass is 505 g/mol. The molecular weight excluding hydrogens is 477 g/mol. The number of nitrogens with one attached hydrogen (secondary N) is 2. The molecule has 34 heavy (non-hydrogen) atoms.